The quantitative estimate of drug-likeness (QED) is 0.672. The second kappa shape index (κ2) is 8.32. The van der Waals surface area contributed by atoms with E-state index in [0.29, 0.717) is 30.6 Å². The number of carbonyl (C=O) groups is 1. The maximum absolute atomic E-state index is 12.3. The largest absolute Gasteiger partial charge is 0.444 e. The number of nitrogens with zero attached hydrogens (tertiary/aromatic N) is 4. The van der Waals surface area contributed by atoms with E-state index in [0.717, 1.165) is 24.5 Å². The highest BCUT2D eigenvalue weighted by Crippen LogP contribution is 2.73. The number of nitrogens with two attached hydrogens (primary N) is 1. The van der Waals surface area contributed by atoms with Crippen LogP contribution in [0.1, 0.15) is 60.1 Å². The molecule has 0 atom stereocenters. The van der Waals surface area contributed by atoms with Gasteiger partial charge in [-0.3, -0.25) is 0 Å². The summed E-state index contributed by atoms with van der Waals surface area (Å²) in [5.74, 6) is 1.69. The van der Waals surface area contributed by atoms with E-state index in [1.165, 1.54) is 0 Å². The van der Waals surface area contributed by atoms with Crippen molar-refractivity contribution in [1.82, 2.24) is 14.9 Å². The number of rotatable bonds is 4. The number of nitrogen functional groups attached to an aromatic ring is 1. The Morgan fingerprint density at radius 3 is 2.12 bits per heavy atom. The number of benzene rings is 1. The van der Waals surface area contributed by atoms with Crippen molar-refractivity contribution < 1.29 is 14.3 Å². The van der Waals surface area contributed by atoms with Crippen molar-refractivity contribution in [3.8, 4) is 11.6 Å². The zero-order valence-corrected chi connectivity index (χ0v) is 21.4. The van der Waals surface area contributed by atoms with Crippen LogP contribution in [0.25, 0.3) is 0 Å². The molecule has 2 aliphatic rings. The SMILES string of the molecule is CC(C)(C)OC(=O)N1CCN(c2ccc(Oc3cc(C4C(C)(C)C4(C)C)nc(N)n3)cc2)CC1. The van der Waals surface area contributed by atoms with Crippen LogP contribution in [0.15, 0.2) is 30.3 Å². The van der Waals surface area contributed by atoms with E-state index in [9.17, 15) is 4.79 Å². The van der Waals surface area contributed by atoms with Crippen molar-refractivity contribution in [1.29, 1.82) is 0 Å². The molecule has 0 unspecified atom stereocenters. The maximum atomic E-state index is 12.3. The molecule has 8 nitrogen and oxygen atoms in total. The number of piperazine rings is 1. The van der Waals surface area contributed by atoms with Gasteiger partial charge in [0.2, 0.25) is 11.8 Å². The molecule has 2 fully saturated rings. The van der Waals surface area contributed by atoms with Crippen molar-refractivity contribution in [2.75, 3.05) is 36.8 Å². The lowest BCUT2D eigenvalue weighted by Gasteiger charge is -2.36. The third kappa shape index (κ3) is 4.76. The Labute approximate surface area is 202 Å². The molecule has 0 bridgehead atoms. The average Bonchev–Trinajstić information content (AvgIpc) is 3.15. The van der Waals surface area contributed by atoms with Gasteiger partial charge in [-0.05, 0) is 55.9 Å². The Bertz CT molecular complexity index is 1040. The van der Waals surface area contributed by atoms with Crippen LogP contribution in [-0.2, 0) is 4.74 Å². The fourth-order valence-corrected chi connectivity index (χ4v) is 4.92. The Hall–Kier alpha value is -3.03. The number of aromatic nitrogens is 2. The highest BCUT2D eigenvalue weighted by atomic mass is 16.6. The Morgan fingerprint density at radius 1 is 1.00 bits per heavy atom. The van der Waals surface area contributed by atoms with Crippen LogP contribution in [0.3, 0.4) is 0 Å². The van der Waals surface area contributed by atoms with Crippen LogP contribution in [-0.4, -0.2) is 52.7 Å². The molecule has 184 valence electrons. The molecular formula is C26H37N5O3. The van der Waals surface area contributed by atoms with E-state index >= 15 is 0 Å². The Morgan fingerprint density at radius 2 is 1.59 bits per heavy atom. The van der Waals surface area contributed by atoms with E-state index in [1.54, 1.807) is 4.90 Å². The minimum absolute atomic E-state index is 0.153. The van der Waals surface area contributed by atoms with E-state index in [2.05, 4.69) is 42.6 Å². The first-order valence-electron chi connectivity index (χ1n) is 11.9. The van der Waals surface area contributed by atoms with Crippen LogP contribution in [0.5, 0.6) is 11.6 Å². The van der Waals surface area contributed by atoms with Gasteiger partial charge in [-0.2, -0.15) is 4.98 Å². The summed E-state index contributed by atoms with van der Waals surface area (Å²) in [6.07, 6.45) is -0.252. The predicted molar refractivity (Wildman–Crippen MR) is 133 cm³/mol. The molecule has 1 saturated carbocycles. The van der Waals surface area contributed by atoms with E-state index in [-0.39, 0.29) is 22.9 Å². The molecule has 8 heteroatoms. The Balaban J connectivity index is 1.38. The molecule has 1 aromatic carbocycles. The summed E-state index contributed by atoms with van der Waals surface area (Å²) in [4.78, 5) is 25.1. The first-order valence-corrected chi connectivity index (χ1v) is 11.9. The second-order valence-electron chi connectivity index (χ2n) is 11.4. The lowest BCUT2D eigenvalue weighted by molar-refractivity contribution is 0.0240. The average molecular weight is 468 g/mol. The molecule has 2 aromatic rings. The van der Waals surface area contributed by atoms with Crippen molar-refractivity contribution in [3.63, 3.8) is 0 Å². The summed E-state index contributed by atoms with van der Waals surface area (Å²) in [6.45, 7) is 17.4. The van der Waals surface area contributed by atoms with Gasteiger partial charge in [0.25, 0.3) is 0 Å². The molecular weight excluding hydrogens is 430 g/mol. The van der Waals surface area contributed by atoms with Gasteiger partial charge >= 0.3 is 6.09 Å². The lowest BCUT2D eigenvalue weighted by Crippen LogP contribution is -2.50. The number of hydrogen-bond donors (Lipinski definition) is 1. The first kappa shape index (κ1) is 24.1. The first-order chi connectivity index (χ1) is 15.8. The smallest absolute Gasteiger partial charge is 0.410 e. The highest BCUT2D eigenvalue weighted by molar-refractivity contribution is 5.68. The van der Waals surface area contributed by atoms with Crippen LogP contribution < -0.4 is 15.4 Å². The molecule has 1 aliphatic carbocycles. The molecule has 1 amide bonds. The predicted octanol–water partition coefficient (Wildman–Crippen LogP) is 5.06. The van der Waals surface area contributed by atoms with Gasteiger partial charge in [0, 0.05) is 43.9 Å². The molecule has 1 saturated heterocycles. The van der Waals surface area contributed by atoms with Crippen molar-refractivity contribution in [2.45, 2.75) is 60.0 Å². The summed E-state index contributed by atoms with van der Waals surface area (Å²) in [6, 6.07) is 9.81. The number of ether oxygens (including phenoxy) is 2. The summed E-state index contributed by atoms with van der Waals surface area (Å²) in [5.41, 5.74) is 7.83. The second-order valence-corrected chi connectivity index (χ2v) is 11.4. The normalized spacial score (nSPS) is 19.6. The van der Waals surface area contributed by atoms with Crippen molar-refractivity contribution in [3.05, 3.63) is 36.0 Å². The van der Waals surface area contributed by atoms with E-state index in [1.807, 2.05) is 51.1 Å². The molecule has 2 N–H and O–H groups in total. The summed E-state index contributed by atoms with van der Waals surface area (Å²) >= 11 is 0. The number of hydrogen-bond acceptors (Lipinski definition) is 7. The van der Waals surface area contributed by atoms with Crippen LogP contribution in [0.2, 0.25) is 0 Å². The summed E-state index contributed by atoms with van der Waals surface area (Å²) in [5, 5.41) is 0. The van der Waals surface area contributed by atoms with Crippen LogP contribution in [0, 0.1) is 10.8 Å². The molecule has 0 spiro atoms. The van der Waals surface area contributed by atoms with Gasteiger partial charge in [0.05, 0.1) is 5.69 Å². The van der Waals surface area contributed by atoms with Gasteiger partial charge in [0.1, 0.15) is 11.4 Å². The molecule has 1 aromatic heterocycles. The van der Waals surface area contributed by atoms with Crippen LogP contribution in [0.4, 0.5) is 16.4 Å². The topological polar surface area (TPSA) is 93.8 Å². The van der Waals surface area contributed by atoms with E-state index in [4.69, 9.17) is 15.2 Å². The van der Waals surface area contributed by atoms with Gasteiger partial charge in [0.15, 0.2) is 0 Å². The summed E-state index contributed by atoms with van der Waals surface area (Å²) in [7, 11) is 0. The number of anilines is 2. The molecule has 4 rings (SSSR count). The minimum Gasteiger partial charge on any atom is -0.444 e. The third-order valence-corrected chi connectivity index (χ3v) is 7.41. The van der Waals surface area contributed by atoms with Gasteiger partial charge in [-0.1, -0.05) is 27.7 Å². The molecule has 0 radical (unpaired) electrons. The van der Waals surface area contributed by atoms with Crippen molar-refractivity contribution in [2.24, 2.45) is 10.8 Å². The van der Waals surface area contributed by atoms with E-state index < -0.39 is 5.60 Å². The molecule has 2 heterocycles. The number of carbonyl (C=O) groups excluding carboxylic acids is 1. The molecule has 34 heavy (non-hydrogen) atoms. The minimum atomic E-state index is -0.482. The van der Waals surface area contributed by atoms with Crippen molar-refractivity contribution >= 4 is 17.7 Å². The zero-order valence-electron chi connectivity index (χ0n) is 21.4. The monoisotopic (exact) mass is 467 g/mol. The highest BCUT2D eigenvalue weighted by Gasteiger charge is 2.66. The fraction of sp³-hybridized carbons (Fsp3) is 0.577. The van der Waals surface area contributed by atoms with Crippen LogP contribution >= 0.6 is 0 Å². The lowest BCUT2D eigenvalue weighted by atomic mass is 10.0. The standard InChI is InChI=1S/C26H37N5O3/c1-24(2,3)34-23(32)31-14-12-30(13-15-31)17-8-10-18(11-9-17)33-20-16-19(28-22(27)29-20)21-25(4,5)26(21,6)7/h8-11,16,21H,12-15H2,1-7H3,(H2,27,28,29). The zero-order chi connectivity index (χ0) is 24.9. The summed E-state index contributed by atoms with van der Waals surface area (Å²) < 4.78 is 11.5. The molecule has 1 aliphatic heterocycles. The van der Waals surface area contributed by atoms with Gasteiger partial charge in [-0.15, -0.1) is 0 Å². The number of amides is 1. The fourth-order valence-electron chi connectivity index (χ4n) is 4.92. The Kier molecular flexibility index (Phi) is 5.90. The van der Waals surface area contributed by atoms with Gasteiger partial charge < -0.3 is 25.0 Å². The maximum Gasteiger partial charge on any atom is 0.410 e. The van der Waals surface area contributed by atoms with Gasteiger partial charge in [-0.25, -0.2) is 9.78 Å². The third-order valence-electron chi connectivity index (χ3n) is 7.41.